The van der Waals surface area contributed by atoms with E-state index in [4.69, 9.17) is 4.74 Å². The van der Waals surface area contributed by atoms with Gasteiger partial charge in [-0.25, -0.2) is 0 Å². The maximum Gasteiger partial charge on any atom is 0.124 e. The second-order valence-corrected chi connectivity index (χ2v) is 8.06. The molecule has 0 aromatic heterocycles. The average Bonchev–Trinajstić information content (AvgIpc) is 2.86. The van der Waals surface area contributed by atoms with Crippen LogP contribution in [0.4, 0.5) is 0 Å². The largest absolute Gasteiger partial charge is 0.489 e. The lowest BCUT2D eigenvalue weighted by molar-refractivity contribution is 0.0691. The number of ether oxygens (including phenoxy) is 1. The average molecular weight is 348 g/mol. The van der Waals surface area contributed by atoms with Crippen LogP contribution in [0.5, 0.6) is 5.75 Å². The van der Waals surface area contributed by atoms with Crippen molar-refractivity contribution in [3.63, 3.8) is 0 Å². The van der Waals surface area contributed by atoms with Crippen LogP contribution in [-0.2, 0) is 13.0 Å². The molecular formula is C23H28N2O. The summed E-state index contributed by atoms with van der Waals surface area (Å²) >= 11 is 0. The molecular weight excluding hydrogens is 320 g/mol. The number of nitrogens with zero attached hydrogens (tertiary/aromatic N) is 1. The van der Waals surface area contributed by atoms with Gasteiger partial charge in [-0.05, 0) is 61.0 Å². The molecule has 2 unspecified atom stereocenters. The van der Waals surface area contributed by atoms with Crippen LogP contribution in [0.2, 0.25) is 0 Å². The Kier molecular flexibility index (Phi) is 4.22. The summed E-state index contributed by atoms with van der Waals surface area (Å²) in [6.45, 7) is 6.64. The molecule has 0 radical (unpaired) electrons. The first kappa shape index (κ1) is 16.3. The van der Waals surface area contributed by atoms with Crippen LogP contribution in [0.25, 0.3) is 0 Å². The third kappa shape index (κ3) is 2.83. The Hall–Kier alpha value is -1.84. The fourth-order valence-corrected chi connectivity index (χ4v) is 4.99. The van der Waals surface area contributed by atoms with Gasteiger partial charge in [-0.2, -0.15) is 0 Å². The molecule has 2 aromatic rings. The summed E-state index contributed by atoms with van der Waals surface area (Å²) in [6.07, 6.45) is 3.73. The molecule has 3 nitrogen and oxygen atoms in total. The summed E-state index contributed by atoms with van der Waals surface area (Å²) in [7, 11) is 0. The zero-order valence-electron chi connectivity index (χ0n) is 15.6. The van der Waals surface area contributed by atoms with Gasteiger partial charge in [0.2, 0.25) is 0 Å². The van der Waals surface area contributed by atoms with Crippen LogP contribution in [0, 0.1) is 5.92 Å². The van der Waals surface area contributed by atoms with E-state index in [1.165, 1.54) is 54.7 Å². The number of rotatable bonds is 3. The van der Waals surface area contributed by atoms with Crippen LogP contribution in [-0.4, -0.2) is 30.6 Å². The van der Waals surface area contributed by atoms with Crippen LogP contribution in [0.3, 0.4) is 0 Å². The smallest absolute Gasteiger partial charge is 0.124 e. The van der Waals surface area contributed by atoms with E-state index in [2.05, 4.69) is 59.6 Å². The van der Waals surface area contributed by atoms with E-state index >= 15 is 0 Å². The number of hydrogen-bond donors (Lipinski definition) is 1. The first-order chi connectivity index (χ1) is 12.8. The molecule has 26 heavy (non-hydrogen) atoms. The SMILES string of the molecule is CCc1ccc2c(c1)C(NC1CN3CCC1CC3)c1ccccc1CO2. The normalized spacial score (nSPS) is 29.4. The second kappa shape index (κ2) is 6.71. The van der Waals surface area contributed by atoms with Gasteiger partial charge < -0.3 is 15.0 Å². The van der Waals surface area contributed by atoms with Crippen LogP contribution in [0.1, 0.15) is 48.1 Å². The van der Waals surface area contributed by atoms with Crippen molar-refractivity contribution in [2.45, 2.75) is 44.9 Å². The molecule has 4 aliphatic rings. The Morgan fingerprint density at radius 1 is 1.08 bits per heavy atom. The topological polar surface area (TPSA) is 24.5 Å². The molecule has 1 N–H and O–H groups in total. The predicted molar refractivity (Wildman–Crippen MR) is 105 cm³/mol. The Bertz CT molecular complexity index is 795. The van der Waals surface area contributed by atoms with Crippen molar-refractivity contribution in [3.8, 4) is 5.75 Å². The van der Waals surface area contributed by atoms with Gasteiger partial charge in [0, 0.05) is 18.2 Å². The third-order valence-corrected chi connectivity index (χ3v) is 6.58. The lowest BCUT2D eigenvalue weighted by atomic mass is 9.82. The highest BCUT2D eigenvalue weighted by atomic mass is 16.5. The van der Waals surface area contributed by atoms with Crippen molar-refractivity contribution in [1.82, 2.24) is 10.2 Å². The molecule has 3 saturated heterocycles. The van der Waals surface area contributed by atoms with E-state index in [0.29, 0.717) is 12.6 Å². The summed E-state index contributed by atoms with van der Waals surface area (Å²) in [5, 5.41) is 4.07. The number of fused-ring (bicyclic) bond motifs is 5. The van der Waals surface area contributed by atoms with Gasteiger partial charge >= 0.3 is 0 Å². The lowest BCUT2D eigenvalue weighted by Gasteiger charge is -2.46. The van der Waals surface area contributed by atoms with Crippen LogP contribution in [0.15, 0.2) is 42.5 Å². The lowest BCUT2D eigenvalue weighted by Crippen LogP contribution is -2.56. The van der Waals surface area contributed by atoms with E-state index in [-0.39, 0.29) is 6.04 Å². The highest BCUT2D eigenvalue weighted by Crippen LogP contribution is 2.38. The highest BCUT2D eigenvalue weighted by Gasteiger charge is 2.36. The Morgan fingerprint density at radius 2 is 1.92 bits per heavy atom. The maximum absolute atomic E-state index is 6.21. The Morgan fingerprint density at radius 3 is 2.69 bits per heavy atom. The van der Waals surface area contributed by atoms with Crippen LogP contribution < -0.4 is 10.1 Å². The number of hydrogen-bond acceptors (Lipinski definition) is 3. The fourth-order valence-electron chi connectivity index (χ4n) is 4.99. The molecule has 0 amide bonds. The Balaban J connectivity index is 1.56. The van der Waals surface area contributed by atoms with Crippen molar-refractivity contribution in [1.29, 1.82) is 0 Å². The van der Waals surface area contributed by atoms with Crippen molar-refractivity contribution in [2.75, 3.05) is 19.6 Å². The summed E-state index contributed by atoms with van der Waals surface area (Å²) in [5.41, 5.74) is 5.38. The molecule has 2 bridgehead atoms. The number of benzene rings is 2. The van der Waals surface area contributed by atoms with E-state index in [0.717, 1.165) is 18.1 Å². The van der Waals surface area contributed by atoms with Crippen molar-refractivity contribution in [2.24, 2.45) is 5.92 Å². The van der Waals surface area contributed by atoms with E-state index in [1.807, 2.05) is 0 Å². The predicted octanol–water partition coefficient (Wildman–Crippen LogP) is 3.91. The monoisotopic (exact) mass is 348 g/mol. The first-order valence-electron chi connectivity index (χ1n) is 10.1. The number of nitrogens with one attached hydrogen (secondary N) is 1. The summed E-state index contributed by atoms with van der Waals surface area (Å²) in [4.78, 5) is 2.63. The minimum Gasteiger partial charge on any atom is -0.489 e. The zero-order chi connectivity index (χ0) is 17.5. The molecule has 0 aliphatic carbocycles. The zero-order valence-corrected chi connectivity index (χ0v) is 15.6. The molecule has 3 fully saturated rings. The van der Waals surface area contributed by atoms with Gasteiger partial charge in [-0.1, -0.05) is 43.3 Å². The standard InChI is InChI=1S/C23H28N2O/c1-2-16-7-8-22-20(13-16)23(19-6-4-3-5-18(19)15-26-22)24-21-14-25-11-9-17(21)10-12-25/h3-8,13,17,21,23-24H,2,9-12,14-15H2,1H3. The highest BCUT2D eigenvalue weighted by molar-refractivity contribution is 5.48. The molecule has 2 atom stereocenters. The molecule has 2 aromatic carbocycles. The fraction of sp³-hybridized carbons (Fsp3) is 0.478. The molecule has 6 rings (SSSR count). The van der Waals surface area contributed by atoms with Crippen molar-refractivity contribution in [3.05, 3.63) is 64.7 Å². The van der Waals surface area contributed by atoms with Crippen LogP contribution >= 0.6 is 0 Å². The summed E-state index contributed by atoms with van der Waals surface area (Å²) in [6, 6.07) is 16.3. The summed E-state index contributed by atoms with van der Waals surface area (Å²) in [5.74, 6) is 1.85. The van der Waals surface area contributed by atoms with Gasteiger partial charge in [0.1, 0.15) is 12.4 Å². The molecule has 4 heterocycles. The van der Waals surface area contributed by atoms with Gasteiger partial charge in [0.05, 0.1) is 6.04 Å². The van der Waals surface area contributed by atoms with Crippen molar-refractivity contribution < 1.29 is 4.74 Å². The van der Waals surface area contributed by atoms with E-state index in [9.17, 15) is 0 Å². The minimum atomic E-state index is 0.223. The van der Waals surface area contributed by atoms with Gasteiger partial charge in [-0.15, -0.1) is 0 Å². The van der Waals surface area contributed by atoms with E-state index in [1.54, 1.807) is 0 Å². The van der Waals surface area contributed by atoms with Gasteiger partial charge in [0.15, 0.2) is 0 Å². The second-order valence-electron chi connectivity index (χ2n) is 8.06. The first-order valence-corrected chi connectivity index (χ1v) is 10.1. The molecule has 136 valence electrons. The minimum absolute atomic E-state index is 0.223. The Labute approximate surface area is 156 Å². The quantitative estimate of drug-likeness (QED) is 0.910. The van der Waals surface area contributed by atoms with Gasteiger partial charge in [0.25, 0.3) is 0 Å². The molecule has 0 saturated carbocycles. The number of piperidine rings is 3. The van der Waals surface area contributed by atoms with E-state index < -0.39 is 0 Å². The third-order valence-electron chi connectivity index (χ3n) is 6.58. The molecule has 3 heteroatoms. The molecule has 4 aliphatic heterocycles. The number of aryl methyl sites for hydroxylation is 1. The summed E-state index contributed by atoms with van der Waals surface area (Å²) < 4.78 is 6.21. The van der Waals surface area contributed by atoms with Crippen molar-refractivity contribution >= 4 is 0 Å². The van der Waals surface area contributed by atoms with Gasteiger partial charge in [-0.3, -0.25) is 0 Å². The maximum atomic E-state index is 6.21. The molecule has 0 spiro atoms.